The van der Waals surface area contributed by atoms with Gasteiger partial charge in [-0.1, -0.05) is 60.8 Å². The second-order valence-electron chi connectivity index (χ2n) is 3.34. The van der Waals surface area contributed by atoms with Gasteiger partial charge in [-0.15, -0.1) is 0 Å². The Balaban J connectivity index is 0.000000606. The molecule has 1 heterocycles. The van der Waals surface area contributed by atoms with Crippen LogP contribution in [0.5, 0.6) is 0 Å². The highest BCUT2D eigenvalue weighted by Gasteiger charge is 2.14. The van der Waals surface area contributed by atoms with E-state index in [4.69, 9.17) is 0 Å². The first kappa shape index (κ1) is 12.5. The normalized spacial score (nSPS) is 14.6. The molecule has 0 amide bonds. The van der Waals surface area contributed by atoms with Gasteiger partial charge in [-0.2, -0.15) is 0 Å². The second-order valence-corrected chi connectivity index (χ2v) is 3.34. The van der Waals surface area contributed by atoms with Gasteiger partial charge >= 0.3 is 0 Å². The van der Waals surface area contributed by atoms with Crippen molar-refractivity contribution in [3.8, 4) is 0 Å². The lowest BCUT2D eigenvalue weighted by Crippen LogP contribution is -2.16. The topological polar surface area (TPSA) is 3.24 Å². The average molecular weight is 219 g/mol. The van der Waals surface area contributed by atoms with Crippen molar-refractivity contribution in [3.05, 3.63) is 53.6 Å². The van der Waals surface area contributed by atoms with E-state index in [-0.39, 0.29) is 0 Å². The number of halogens is 1. The minimum Gasteiger partial charge on any atom is -0.207 e. The second kappa shape index (κ2) is 6.11. The molecule has 2 rings (SSSR count). The van der Waals surface area contributed by atoms with Crippen molar-refractivity contribution in [2.24, 2.45) is 0 Å². The van der Waals surface area contributed by atoms with Crippen LogP contribution in [-0.2, 0) is 0 Å². The molecule has 1 aliphatic rings. The maximum atomic E-state index is 13.5. The predicted octanol–water partition coefficient (Wildman–Crippen LogP) is 4.20. The minimum atomic E-state index is 0.335. The van der Waals surface area contributed by atoms with Gasteiger partial charge in [-0.3, -0.25) is 0 Å². The van der Waals surface area contributed by atoms with Gasteiger partial charge in [0.1, 0.15) is 0 Å². The van der Waals surface area contributed by atoms with Crippen LogP contribution in [0.3, 0.4) is 0 Å². The summed E-state index contributed by atoms with van der Waals surface area (Å²) in [5.74, 6) is 0. The van der Waals surface area contributed by atoms with E-state index in [1.165, 1.54) is 0 Å². The minimum absolute atomic E-state index is 0.335. The summed E-state index contributed by atoms with van der Waals surface area (Å²) in [6.07, 6.45) is 3.78. The standard InChI is InChI=1S/C12H12FN.C2H6/c1-10-6-5-9-14(13)12(10)11-7-3-2-4-8-11;1-2/h2-8H,9H2,1H3;1-2H3. The van der Waals surface area contributed by atoms with Crippen molar-refractivity contribution in [2.75, 3.05) is 6.54 Å². The van der Waals surface area contributed by atoms with E-state index >= 15 is 0 Å². The van der Waals surface area contributed by atoms with Gasteiger partial charge in [0.25, 0.3) is 0 Å². The van der Waals surface area contributed by atoms with Gasteiger partial charge in [0.15, 0.2) is 0 Å². The third-order valence-corrected chi connectivity index (χ3v) is 2.30. The summed E-state index contributed by atoms with van der Waals surface area (Å²) in [5.41, 5.74) is 2.56. The lowest BCUT2D eigenvalue weighted by Gasteiger charge is -2.21. The fourth-order valence-corrected chi connectivity index (χ4v) is 1.65. The summed E-state index contributed by atoms with van der Waals surface area (Å²) in [6.45, 7) is 6.26. The lowest BCUT2D eigenvalue weighted by molar-refractivity contribution is 0.120. The zero-order valence-corrected chi connectivity index (χ0v) is 10.1. The Kier molecular flexibility index (Phi) is 4.77. The zero-order chi connectivity index (χ0) is 12.0. The van der Waals surface area contributed by atoms with Crippen LogP contribution in [0.15, 0.2) is 48.1 Å². The van der Waals surface area contributed by atoms with Crippen LogP contribution in [-0.4, -0.2) is 11.7 Å². The van der Waals surface area contributed by atoms with E-state index in [0.717, 1.165) is 16.3 Å². The van der Waals surface area contributed by atoms with E-state index in [2.05, 4.69) is 0 Å². The van der Waals surface area contributed by atoms with Gasteiger partial charge in [0, 0.05) is 5.56 Å². The fourth-order valence-electron chi connectivity index (χ4n) is 1.65. The van der Waals surface area contributed by atoms with Crippen LogP contribution in [0, 0.1) is 0 Å². The Bertz CT molecular complexity index is 379. The Morgan fingerprint density at radius 3 is 2.31 bits per heavy atom. The van der Waals surface area contributed by atoms with Crippen molar-refractivity contribution in [1.29, 1.82) is 0 Å². The molecule has 1 nitrogen and oxygen atoms in total. The molecule has 0 saturated heterocycles. The smallest absolute Gasteiger partial charge is 0.0792 e. The molecule has 0 bridgehead atoms. The number of rotatable bonds is 1. The van der Waals surface area contributed by atoms with Crippen molar-refractivity contribution in [1.82, 2.24) is 5.12 Å². The molecule has 1 aromatic carbocycles. The van der Waals surface area contributed by atoms with Gasteiger partial charge in [-0.05, 0) is 12.5 Å². The summed E-state index contributed by atoms with van der Waals surface area (Å²) in [6, 6.07) is 9.61. The SMILES string of the molecule is CC.CC1=C(c2ccccc2)N(F)CC=C1. The Morgan fingerprint density at radius 2 is 1.75 bits per heavy atom. The predicted molar refractivity (Wildman–Crippen MR) is 67.3 cm³/mol. The van der Waals surface area contributed by atoms with Gasteiger partial charge in [0.05, 0.1) is 12.2 Å². The quantitative estimate of drug-likeness (QED) is 0.640. The van der Waals surface area contributed by atoms with Crippen molar-refractivity contribution in [2.45, 2.75) is 20.8 Å². The Hall–Kier alpha value is -1.57. The number of benzene rings is 1. The molecule has 0 spiro atoms. The maximum Gasteiger partial charge on any atom is 0.0792 e. The molecule has 1 aromatic rings. The molecule has 16 heavy (non-hydrogen) atoms. The molecule has 0 unspecified atom stereocenters. The third kappa shape index (κ3) is 2.72. The molecule has 0 aliphatic carbocycles. The molecular weight excluding hydrogens is 201 g/mol. The number of allylic oxidation sites excluding steroid dienone is 2. The molecule has 0 atom stereocenters. The summed E-state index contributed by atoms with van der Waals surface area (Å²) in [4.78, 5) is 0. The Labute approximate surface area is 96.8 Å². The Morgan fingerprint density at radius 1 is 1.12 bits per heavy atom. The van der Waals surface area contributed by atoms with Crippen LogP contribution in [0.25, 0.3) is 5.70 Å². The molecule has 1 aliphatic heterocycles. The maximum absolute atomic E-state index is 13.5. The molecule has 0 fully saturated rings. The van der Waals surface area contributed by atoms with E-state index in [0.29, 0.717) is 12.2 Å². The third-order valence-electron chi connectivity index (χ3n) is 2.30. The average Bonchev–Trinajstić information content (AvgIpc) is 2.33. The van der Waals surface area contributed by atoms with Crippen LogP contribution < -0.4 is 0 Å². The van der Waals surface area contributed by atoms with E-state index in [1.807, 2.05) is 63.3 Å². The molecule has 86 valence electrons. The first-order valence-electron chi connectivity index (χ1n) is 5.65. The fraction of sp³-hybridized carbons (Fsp3) is 0.286. The molecule has 0 aromatic heterocycles. The molecular formula is C14H18FN. The first-order chi connectivity index (χ1) is 7.79. The number of hydrogen-bond donors (Lipinski definition) is 0. The van der Waals surface area contributed by atoms with Gasteiger partial charge < -0.3 is 0 Å². The van der Waals surface area contributed by atoms with Crippen molar-refractivity contribution < 1.29 is 4.48 Å². The first-order valence-corrected chi connectivity index (χ1v) is 5.65. The van der Waals surface area contributed by atoms with Crippen LogP contribution in [0.4, 0.5) is 4.48 Å². The van der Waals surface area contributed by atoms with Gasteiger partial charge in [-0.25, -0.2) is 5.12 Å². The largest absolute Gasteiger partial charge is 0.207 e. The summed E-state index contributed by atoms with van der Waals surface area (Å²) in [5, 5.41) is 0.782. The van der Waals surface area contributed by atoms with Crippen LogP contribution in [0.2, 0.25) is 0 Å². The number of hydrogen-bond acceptors (Lipinski definition) is 1. The van der Waals surface area contributed by atoms with Crippen LogP contribution >= 0.6 is 0 Å². The highest BCUT2D eigenvalue weighted by molar-refractivity contribution is 5.69. The molecule has 2 heteroatoms. The summed E-state index contributed by atoms with van der Waals surface area (Å²) < 4.78 is 13.5. The lowest BCUT2D eigenvalue weighted by atomic mass is 10.0. The molecule has 0 saturated carbocycles. The van der Waals surface area contributed by atoms with E-state index < -0.39 is 0 Å². The highest BCUT2D eigenvalue weighted by Crippen LogP contribution is 2.26. The van der Waals surface area contributed by atoms with E-state index in [1.54, 1.807) is 0 Å². The van der Waals surface area contributed by atoms with Crippen LogP contribution in [0.1, 0.15) is 26.3 Å². The van der Waals surface area contributed by atoms with E-state index in [9.17, 15) is 4.48 Å². The highest BCUT2D eigenvalue weighted by atomic mass is 19.2. The molecule has 0 N–H and O–H groups in total. The number of nitrogens with zero attached hydrogens (tertiary/aromatic N) is 1. The summed E-state index contributed by atoms with van der Waals surface area (Å²) in [7, 11) is 0. The van der Waals surface area contributed by atoms with Crippen molar-refractivity contribution >= 4 is 5.70 Å². The van der Waals surface area contributed by atoms with Gasteiger partial charge in [0.2, 0.25) is 0 Å². The summed E-state index contributed by atoms with van der Waals surface area (Å²) >= 11 is 0. The monoisotopic (exact) mass is 219 g/mol. The van der Waals surface area contributed by atoms with Crippen molar-refractivity contribution in [3.63, 3.8) is 0 Å². The molecule has 0 radical (unpaired) electrons. The zero-order valence-electron chi connectivity index (χ0n) is 10.1.